The molecular weight excluding hydrogens is 350 g/mol. The molecule has 2 rings (SSSR count). The Kier molecular flexibility index (Phi) is 5.36. The van der Waals surface area contributed by atoms with Gasteiger partial charge in [-0.05, 0) is 33.3 Å². The van der Waals surface area contributed by atoms with Crippen molar-refractivity contribution >= 4 is 33.0 Å². The fourth-order valence-electron chi connectivity index (χ4n) is 2.02. The van der Waals surface area contributed by atoms with Gasteiger partial charge in [-0.3, -0.25) is 4.79 Å². The normalized spacial score (nSPS) is 12.4. The number of thiophene rings is 1. The molecule has 6 heteroatoms. The molecule has 0 aliphatic heterocycles. The second kappa shape index (κ2) is 7.04. The van der Waals surface area contributed by atoms with E-state index in [4.69, 9.17) is 0 Å². The molecule has 0 aliphatic rings. The van der Waals surface area contributed by atoms with Gasteiger partial charge in [0.1, 0.15) is 4.47 Å². The highest BCUT2D eigenvalue weighted by Crippen LogP contribution is 2.31. The van der Waals surface area contributed by atoms with E-state index in [2.05, 4.69) is 58.2 Å². The van der Waals surface area contributed by atoms with Gasteiger partial charge in [0.2, 0.25) is 0 Å². The molecule has 2 aromatic heterocycles. The lowest BCUT2D eigenvalue weighted by atomic mass is 10.0. The molecule has 1 unspecified atom stereocenters. The number of hydrogen-bond acceptors (Lipinski definition) is 4. The van der Waals surface area contributed by atoms with Gasteiger partial charge in [0.15, 0.2) is 0 Å². The maximum atomic E-state index is 12.2. The van der Waals surface area contributed by atoms with Crippen molar-refractivity contribution in [2.24, 2.45) is 5.92 Å². The second-order valence-electron chi connectivity index (χ2n) is 5.03. The number of hydrogen-bond donors (Lipinski definition) is 1. The Morgan fingerprint density at radius 1 is 1.57 bits per heavy atom. The molecule has 0 radical (unpaired) electrons. The monoisotopic (exact) mass is 367 g/mol. The zero-order valence-electron chi connectivity index (χ0n) is 12.0. The van der Waals surface area contributed by atoms with Crippen molar-refractivity contribution in [3.63, 3.8) is 0 Å². The molecule has 2 heterocycles. The van der Waals surface area contributed by atoms with Gasteiger partial charge in [0.05, 0.1) is 24.5 Å². The predicted octanol–water partition coefficient (Wildman–Crippen LogP) is 4.06. The van der Waals surface area contributed by atoms with Crippen molar-refractivity contribution in [1.29, 1.82) is 0 Å². The Morgan fingerprint density at radius 2 is 2.33 bits per heavy atom. The lowest BCUT2D eigenvalue weighted by molar-refractivity contribution is 0.551. The Balaban J connectivity index is 2.32. The van der Waals surface area contributed by atoms with E-state index in [-0.39, 0.29) is 11.6 Å². The third-order valence-electron chi connectivity index (χ3n) is 3.11. The van der Waals surface area contributed by atoms with Crippen molar-refractivity contribution < 1.29 is 0 Å². The molecule has 0 saturated carbocycles. The van der Waals surface area contributed by atoms with Gasteiger partial charge >= 0.3 is 0 Å². The summed E-state index contributed by atoms with van der Waals surface area (Å²) < 4.78 is 1.87. The third kappa shape index (κ3) is 3.63. The smallest absolute Gasteiger partial charge is 0.283 e. The summed E-state index contributed by atoms with van der Waals surface area (Å²) in [5.41, 5.74) is 0.556. The minimum atomic E-state index is -0.159. The van der Waals surface area contributed by atoms with E-state index in [0.717, 1.165) is 0 Å². The van der Waals surface area contributed by atoms with Crippen LogP contribution in [0.15, 0.2) is 45.6 Å². The first-order chi connectivity index (χ1) is 10.0. The largest absolute Gasteiger partial charge is 0.375 e. The van der Waals surface area contributed by atoms with Crippen molar-refractivity contribution in [3.05, 3.63) is 56.1 Å². The van der Waals surface area contributed by atoms with Gasteiger partial charge in [-0.25, -0.2) is 4.68 Å². The predicted molar refractivity (Wildman–Crippen MR) is 91.9 cm³/mol. The average molecular weight is 368 g/mol. The van der Waals surface area contributed by atoms with Crippen LogP contribution in [-0.2, 0) is 6.54 Å². The number of nitrogens with zero attached hydrogens (tertiary/aromatic N) is 2. The Hall–Kier alpha value is -1.40. The molecule has 0 fully saturated rings. The molecule has 1 atom stereocenters. The molecule has 0 saturated heterocycles. The molecule has 2 aromatic rings. The Bertz CT molecular complexity index is 664. The highest BCUT2D eigenvalue weighted by molar-refractivity contribution is 9.10. The molecule has 1 N–H and O–H groups in total. The van der Waals surface area contributed by atoms with Crippen LogP contribution < -0.4 is 10.9 Å². The second-order valence-corrected chi connectivity index (χ2v) is 6.80. The third-order valence-corrected chi connectivity index (χ3v) is 4.84. The van der Waals surface area contributed by atoms with E-state index >= 15 is 0 Å². The molecule has 0 aliphatic carbocycles. The van der Waals surface area contributed by atoms with Gasteiger partial charge in [-0.15, -0.1) is 17.9 Å². The number of allylic oxidation sites excluding steroid dienone is 1. The molecule has 4 nitrogen and oxygen atoms in total. The van der Waals surface area contributed by atoms with Crippen LogP contribution in [0.5, 0.6) is 0 Å². The van der Waals surface area contributed by atoms with Crippen LogP contribution in [0.1, 0.15) is 24.8 Å². The average Bonchev–Trinajstić information content (AvgIpc) is 2.97. The quantitative estimate of drug-likeness (QED) is 0.782. The Morgan fingerprint density at radius 3 is 2.90 bits per heavy atom. The van der Waals surface area contributed by atoms with E-state index in [1.54, 1.807) is 23.6 Å². The van der Waals surface area contributed by atoms with E-state index in [1.807, 2.05) is 6.07 Å². The summed E-state index contributed by atoms with van der Waals surface area (Å²) in [7, 11) is 0. The number of rotatable bonds is 6. The summed E-state index contributed by atoms with van der Waals surface area (Å²) >= 11 is 5.08. The molecule has 0 spiro atoms. The van der Waals surface area contributed by atoms with Crippen molar-refractivity contribution in [3.8, 4) is 0 Å². The highest BCUT2D eigenvalue weighted by atomic mass is 79.9. The molecule has 0 aromatic carbocycles. The summed E-state index contributed by atoms with van der Waals surface area (Å²) in [6.45, 7) is 8.33. The minimum absolute atomic E-state index is 0.151. The van der Waals surface area contributed by atoms with E-state index < -0.39 is 0 Å². The van der Waals surface area contributed by atoms with Gasteiger partial charge in [-0.2, -0.15) is 5.10 Å². The maximum absolute atomic E-state index is 12.2. The van der Waals surface area contributed by atoms with Gasteiger partial charge < -0.3 is 5.32 Å². The van der Waals surface area contributed by atoms with Crippen molar-refractivity contribution in [2.75, 3.05) is 5.32 Å². The minimum Gasteiger partial charge on any atom is -0.375 e. The van der Waals surface area contributed by atoms with Crippen LogP contribution in [0.25, 0.3) is 0 Å². The Labute approximate surface area is 136 Å². The van der Waals surface area contributed by atoms with Crippen LogP contribution in [0, 0.1) is 5.92 Å². The fraction of sp³-hybridized carbons (Fsp3) is 0.333. The molecule has 0 bridgehead atoms. The summed E-state index contributed by atoms with van der Waals surface area (Å²) in [5, 5.41) is 9.64. The van der Waals surface area contributed by atoms with E-state index in [1.165, 1.54) is 9.56 Å². The van der Waals surface area contributed by atoms with Crippen LogP contribution in [-0.4, -0.2) is 9.78 Å². The number of halogens is 1. The van der Waals surface area contributed by atoms with E-state index in [0.29, 0.717) is 22.6 Å². The summed E-state index contributed by atoms with van der Waals surface area (Å²) in [6.07, 6.45) is 3.33. The first kappa shape index (κ1) is 16.0. The summed E-state index contributed by atoms with van der Waals surface area (Å²) in [4.78, 5) is 13.4. The summed E-state index contributed by atoms with van der Waals surface area (Å²) in [5.74, 6) is 0.395. The van der Waals surface area contributed by atoms with Crippen LogP contribution in [0.3, 0.4) is 0 Å². The van der Waals surface area contributed by atoms with Crippen LogP contribution >= 0.6 is 27.3 Å². The summed E-state index contributed by atoms with van der Waals surface area (Å²) in [6, 6.07) is 4.28. The molecule has 112 valence electrons. The van der Waals surface area contributed by atoms with Crippen LogP contribution in [0.2, 0.25) is 0 Å². The topological polar surface area (TPSA) is 46.9 Å². The zero-order valence-corrected chi connectivity index (χ0v) is 14.4. The van der Waals surface area contributed by atoms with Gasteiger partial charge in [0.25, 0.3) is 5.56 Å². The highest BCUT2D eigenvalue weighted by Gasteiger charge is 2.19. The van der Waals surface area contributed by atoms with Gasteiger partial charge in [-0.1, -0.05) is 26.0 Å². The van der Waals surface area contributed by atoms with Crippen molar-refractivity contribution in [1.82, 2.24) is 9.78 Å². The van der Waals surface area contributed by atoms with Gasteiger partial charge in [0, 0.05) is 4.88 Å². The zero-order chi connectivity index (χ0) is 15.4. The fourth-order valence-corrected chi connectivity index (χ4v) is 3.39. The number of anilines is 1. The number of aromatic nitrogens is 2. The first-order valence-electron chi connectivity index (χ1n) is 6.71. The SMILES string of the molecule is C=CCn1ncc(NC(c2cccs2)C(C)C)c(Br)c1=O. The van der Waals surface area contributed by atoms with E-state index in [9.17, 15) is 4.79 Å². The van der Waals surface area contributed by atoms with Crippen molar-refractivity contribution in [2.45, 2.75) is 26.4 Å². The molecular formula is C15H18BrN3OS. The standard InChI is InChI=1S/C15H18BrN3OS/c1-4-7-19-15(20)13(16)11(9-17-19)18-14(10(2)3)12-6-5-8-21-12/h4-6,8-10,14,18H,1,7H2,2-3H3. The molecule has 0 amide bonds. The molecule has 21 heavy (non-hydrogen) atoms. The maximum Gasteiger partial charge on any atom is 0.283 e. The van der Waals surface area contributed by atoms with Crippen LogP contribution in [0.4, 0.5) is 5.69 Å². The lowest BCUT2D eigenvalue weighted by Crippen LogP contribution is -2.25. The lowest BCUT2D eigenvalue weighted by Gasteiger charge is -2.23. The first-order valence-corrected chi connectivity index (χ1v) is 8.38. The number of nitrogens with one attached hydrogen (secondary N) is 1.